The van der Waals surface area contributed by atoms with E-state index in [1.54, 1.807) is 0 Å². The van der Waals surface area contributed by atoms with E-state index in [1.807, 2.05) is 0 Å². The molecule has 0 aromatic heterocycles. The molecule has 5 heteroatoms. The molecule has 0 rings (SSSR count). The van der Waals surface area contributed by atoms with Crippen LogP contribution in [0.5, 0.6) is 0 Å². The van der Waals surface area contributed by atoms with Gasteiger partial charge in [0.25, 0.3) is 0 Å². The van der Waals surface area contributed by atoms with Crippen LogP contribution in [0.4, 0.5) is 0 Å². The number of rotatable bonds is 23. The molecule has 0 atom stereocenters. The van der Waals surface area contributed by atoms with Crippen molar-refractivity contribution < 1.29 is 23.7 Å². The molecule has 0 aromatic carbocycles. The van der Waals surface area contributed by atoms with Crippen molar-refractivity contribution >= 4 is 0 Å². The third-order valence-corrected chi connectivity index (χ3v) is 4.02. The third-order valence-electron chi connectivity index (χ3n) is 4.02. The van der Waals surface area contributed by atoms with Crippen molar-refractivity contribution in [1.82, 2.24) is 0 Å². The average molecular weight is 377 g/mol. The molecule has 0 aliphatic carbocycles. The van der Waals surface area contributed by atoms with Gasteiger partial charge >= 0.3 is 0 Å². The van der Waals surface area contributed by atoms with Crippen LogP contribution < -0.4 is 0 Å². The molecule has 0 N–H and O–H groups in total. The molecule has 0 spiro atoms. The zero-order chi connectivity index (χ0) is 19.0. The fourth-order valence-electron chi connectivity index (χ4n) is 2.42. The average Bonchev–Trinajstić information content (AvgIpc) is 2.66. The van der Waals surface area contributed by atoms with Crippen molar-refractivity contribution in [3.8, 4) is 0 Å². The van der Waals surface area contributed by atoms with Crippen LogP contribution in [0.15, 0.2) is 0 Å². The van der Waals surface area contributed by atoms with Crippen molar-refractivity contribution in [3.05, 3.63) is 0 Å². The van der Waals surface area contributed by atoms with Crippen LogP contribution in [0.3, 0.4) is 0 Å². The summed E-state index contributed by atoms with van der Waals surface area (Å²) < 4.78 is 27.4. The molecular weight excluding hydrogens is 332 g/mol. The molecule has 0 heterocycles. The lowest BCUT2D eigenvalue weighted by Crippen LogP contribution is -2.13. The number of hydrogen-bond donors (Lipinski definition) is 0. The molecular formula is C21H44O5. The summed E-state index contributed by atoms with van der Waals surface area (Å²) in [6.45, 7) is 11.2. The number of unbranched alkanes of at least 4 members (excludes halogenated alkanes) is 7. The second-order valence-electron chi connectivity index (χ2n) is 6.54. The van der Waals surface area contributed by atoms with Gasteiger partial charge in [0.05, 0.1) is 52.9 Å². The van der Waals surface area contributed by atoms with Crippen molar-refractivity contribution in [2.24, 2.45) is 0 Å². The molecule has 0 aliphatic heterocycles. The van der Waals surface area contributed by atoms with Gasteiger partial charge in [-0.1, -0.05) is 58.8 Å². The first-order valence-corrected chi connectivity index (χ1v) is 10.8. The lowest BCUT2D eigenvalue weighted by Gasteiger charge is -2.08. The van der Waals surface area contributed by atoms with Crippen LogP contribution in [0.1, 0.15) is 71.6 Å². The van der Waals surface area contributed by atoms with Crippen molar-refractivity contribution in [2.45, 2.75) is 71.6 Å². The summed E-state index contributed by atoms with van der Waals surface area (Å²) in [5.41, 5.74) is 0. The molecule has 0 aliphatic rings. The summed E-state index contributed by atoms with van der Waals surface area (Å²) in [4.78, 5) is 0. The summed E-state index contributed by atoms with van der Waals surface area (Å²) in [5.74, 6) is 0. The Morgan fingerprint density at radius 1 is 0.308 bits per heavy atom. The van der Waals surface area contributed by atoms with Crippen LogP contribution in [0, 0.1) is 0 Å². The Kier molecular flexibility index (Phi) is 24.6. The third kappa shape index (κ3) is 23.8. The number of ether oxygens (including phenoxy) is 5. The maximum absolute atomic E-state index is 5.56. The highest BCUT2D eigenvalue weighted by Gasteiger charge is 1.94. The van der Waals surface area contributed by atoms with E-state index in [2.05, 4.69) is 13.8 Å². The summed E-state index contributed by atoms with van der Waals surface area (Å²) >= 11 is 0. The summed E-state index contributed by atoms with van der Waals surface area (Å²) in [5, 5.41) is 0. The highest BCUT2D eigenvalue weighted by molar-refractivity contribution is 4.43. The van der Waals surface area contributed by atoms with Gasteiger partial charge in [0, 0.05) is 13.2 Å². The first-order valence-electron chi connectivity index (χ1n) is 10.8. The quantitative estimate of drug-likeness (QED) is 0.244. The predicted octanol–water partition coefficient (Wildman–Crippen LogP) is 4.62. The fourth-order valence-corrected chi connectivity index (χ4v) is 2.42. The molecule has 0 radical (unpaired) electrons. The van der Waals surface area contributed by atoms with E-state index in [-0.39, 0.29) is 0 Å². The molecule has 0 unspecified atom stereocenters. The Labute approximate surface area is 162 Å². The van der Waals surface area contributed by atoms with Gasteiger partial charge < -0.3 is 23.7 Å². The molecule has 5 nitrogen and oxygen atoms in total. The normalized spacial score (nSPS) is 11.3. The summed E-state index contributed by atoms with van der Waals surface area (Å²) in [6.07, 6.45) is 11.4. The van der Waals surface area contributed by atoms with Crippen LogP contribution in [-0.4, -0.2) is 66.1 Å². The Bertz CT molecular complexity index is 214. The molecule has 0 saturated heterocycles. The van der Waals surface area contributed by atoms with Gasteiger partial charge in [-0.3, -0.25) is 0 Å². The Morgan fingerprint density at radius 2 is 0.577 bits per heavy atom. The topological polar surface area (TPSA) is 46.2 Å². The van der Waals surface area contributed by atoms with E-state index < -0.39 is 0 Å². The second-order valence-corrected chi connectivity index (χ2v) is 6.54. The van der Waals surface area contributed by atoms with Gasteiger partial charge in [0.2, 0.25) is 0 Å². The smallest absolute Gasteiger partial charge is 0.0701 e. The largest absolute Gasteiger partial charge is 0.379 e. The lowest BCUT2D eigenvalue weighted by atomic mass is 10.1. The second kappa shape index (κ2) is 24.8. The van der Waals surface area contributed by atoms with Gasteiger partial charge in [0.1, 0.15) is 0 Å². The van der Waals surface area contributed by atoms with Crippen LogP contribution in [0.2, 0.25) is 0 Å². The highest BCUT2D eigenvalue weighted by atomic mass is 16.6. The summed E-state index contributed by atoms with van der Waals surface area (Å²) in [6, 6.07) is 0. The Balaban J connectivity index is 2.95. The van der Waals surface area contributed by atoms with Gasteiger partial charge in [-0.25, -0.2) is 0 Å². The van der Waals surface area contributed by atoms with Crippen LogP contribution in [-0.2, 0) is 23.7 Å². The first kappa shape index (κ1) is 25.8. The zero-order valence-electron chi connectivity index (χ0n) is 17.5. The van der Waals surface area contributed by atoms with E-state index in [1.165, 1.54) is 44.9 Å². The predicted molar refractivity (Wildman–Crippen MR) is 107 cm³/mol. The molecule has 0 saturated carbocycles. The van der Waals surface area contributed by atoms with E-state index >= 15 is 0 Å². The van der Waals surface area contributed by atoms with Crippen molar-refractivity contribution in [3.63, 3.8) is 0 Å². The van der Waals surface area contributed by atoms with Gasteiger partial charge in [-0.2, -0.15) is 0 Å². The SMILES string of the molecule is CCCCCCCCOCCOCCOCCOCCOCCCCC. The minimum absolute atomic E-state index is 0.605. The standard InChI is InChI=1S/C21H44O5/c1-3-5-7-8-9-11-13-23-15-17-25-19-21-26-20-18-24-16-14-22-12-10-6-4-2/h3-21H2,1-2H3. The van der Waals surface area contributed by atoms with E-state index in [0.717, 1.165) is 26.1 Å². The fraction of sp³-hybridized carbons (Fsp3) is 1.00. The monoisotopic (exact) mass is 376 g/mol. The molecule has 0 fully saturated rings. The highest BCUT2D eigenvalue weighted by Crippen LogP contribution is 2.04. The van der Waals surface area contributed by atoms with E-state index in [0.29, 0.717) is 52.9 Å². The van der Waals surface area contributed by atoms with Gasteiger partial charge in [-0.05, 0) is 12.8 Å². The molecule has 26 heavy (non-hydrogen) atoms. The molecule has 0 bridgehead atoms. The van der Waals surface area contributed by atoms with Crippen LogP contribution >= 0.6 is 0 Å². The van der Waals surface area contributed by atoms with Crippen molar-refractivity contribution in [1.29, 1.82) is 0 Å². The first-order chi connectivity index (χ1) is 12.9. The Hall–Kier alpha value is -0.200. The maximum Gasteiger partial charge on any atom is 0.0701 e. The van der Waals surface area contributed by atoms with Crippen molar-refractivity contribution in [2.75, 3.05) is 66.1 Å². The summed E-state index contributed by atoms with van der Waals surface area (Å²) in [7, 11) is 0. The number of hydrogen-bond acceptors (Lipinski definition) is 5. The van der Waals surface area contributed by atoms with Gasteiger partial charge in [-0.15, -0.1) is 0 Å². The van der Waals surface area contributed by atoms with Gasteiger partial charge in [0.15, 0.2) is 0 Å². The Morgan fingerprint density at radius 3 is 1.00 bits per heavy atom. The van der Waals surface area contributed by atoms with E-state index in [9.17, 15) is 0 Å². The zero-order valence-corrected chi connectivity index (χ0v) is 17.5. The van der Waals surface area contributed by atoms with E-state index in [4.69, 9.17) is 23.7 Å². The molecule has 0 aromatic rings. The lowest BCUT2D eigenvalue weighted by molar-refractivity contribution is -0.0114. The van der Waals surface area contributed by atoms with Crippen LogP contribution in [0.25, 0.3) is 0 Å². The minimum Gasteiger partial charge on any atom is -0.379 e. The molecule has 0 amide bonds. The molecule has 158 valence electrons. The minimum atomic E-state index is 0.605. The maximum atomic E-state index is 5.56.